The molecule has 11 nitrogen and oxygen atoms in total. The summed E-state index contributed by atoms with van der Waals surface area (Å²) in [6.45, 7) is -1.41. The number of carboxylic acids is 1. The summed E-state index contributed by atoms with van der Waals surface area (Å²) < 4.78 is 0. The van der Waals surface area contributed by atoms with Gasteiger partial charge in [-0.2, -0.15) is 24.4 Å². The van der Waals surface area contributed by atoms with E-state index in [2.05, 4.69) is 28.6 Å². The van der Waals surface area contributed by atoms with Crippen LogP contribution in [0.2, 0.25) is 0 Å². The van der Waals surface area contributed by atoms with Gasteiger partial charge in [-0.25, -0.2) is 4.79 Å². The van der Waals surface area contributed by atoms with Crippen molar-refractivity contribution in [2.24, 2.45) is 5.73 Å². The number of hydrogen-bond donors (Lipinski definition) is 8. The molecule has 0 rings (SSSR count). The van der Waals surface area contributed by atoms with Crippen molar-refractivity contribution in [2.75, 3.05) is 31.0 Å². The minimum absolute atomic E-state index is 0.0963. The van der Waals surface area contributed by atoms with E-state index >= 15 is 0 Å². The maximum Gasteiger partial charge on any atom is 0.328 e. The molecule has 0 aliphatic rings. The van der Waals surface area contributed by atoms with Gasteiger partial charge in [-0.1, -0.05) is 0 Å². The molecule has 3 amide bonds. The van der Waals surface area contributed by atoms with Crippen LogP contribution in [0.5, 0.6) is 0 Å². The lowest BCUT2D eigenvalue weighted by molar-refractivity contribution is -0.143. The largest absolute Gasteiger partial charge is 0.480 e. The molecule has 27 heavy (non-hydrogen) atoms. The van der Waals surface area contributed by atoms with Crippen molar-refractivity contribution in [1.29, 1.82) is 0 Å². The van der Waals surface area contributed by atoms with Crippen molar-refractivity contribution in [3.8, 4) is 0 Å². The number of amides is 3. The third-order valence-corrected chi connectivity index (χ3v) is 4.40. The Bertz CT molecular complexity index is 524. The van der Waals surface area contributed by atoms with E-state index in [4.69, 9.17) is 21.1 Å². The number of hydrogen-bond acceptors (Lipinski definition) is 9. The van der Waals surface area contributed by atoms with E-state index in [1.54, 1.807) is 6.26 Å². The van der Waals surface area contributed by atoms with Crippen molar-refractivity contribution in [1.82, 2.24) is 16.0 Å². The number of carbonyl (C=O) groups is 4. The minimum atomic E-state index is -1.51. The van der Waals surface area contributed by atoms with Crippen LogP contribution >= 0.6 is 24.4 Å². The molecule has 0 radical (unpaired) electrons. The zero-order valence-corrected chi connectivity index (χ0v) is 16.5. The number of carboxylic acid groups (broad SMARTS) is 1. The number of aliphatic hydroxyl groups is 2. The Labute approximate surface area is 166 Å². The second-order valence-electron chi connectivity index (χ2n) is 5.46. The molecule has 0 aromatic heterocycles. The summed E-state index contributed by atoms with van der Waals surface area (Å²) in [6.07, 6.45) is 1.98. The zero-order chi connectivity index (χ0) is 21.0. The summed E-state index contributed by atoms with van der Waals surface area (Å²) in [5.41, 5.74) is 5.37. The molecule has 0 aromatic rings. The van der Waals surface area contributed by atoms with Crippen LogP contribution in [0, 0.1) is 0 Å². The fourth-order valence-electron chi connectivity index (χ4n) is 1.79. The topological polar surface area (TPSA) is 191 Å². The van der Waals surface area contributed by atoms with Crippen LogP contribution in [0.3, 0.4) is 0 Å². The number of aliphatic hydroxyl groups excluding tert-OH is 2. The van der Waals surface area contributed by atoms with Gasteiger partial charge in [0.05, 0.1) is 13.2 Å². The van der Waals surface area contributed by atoms with Crippen LogP contribution in [0.4, 0.5) is 0 Å². The summed E-state index contributed by atoms with van der Waals surface area (Å²) in [5.74, 6) is -3.29. The van der Waals surface area contributed by atoms with Crippen LogP contribution in [0.15, 0.2) is 0 Å². The monoisotopic (exact) mass is 426 g/mol. The van der Waals surface area contributed by atoms with E-state index in [-0.39, 0.29) is 12.2 Å². The summed E-state index contributed by atoms with van der Waals surface area (Å²) in [5, 5.41) is 33.6. The number of nitrogens with two attached hydrogens (primary N) is 1. The molecule has 0 saturated heterocycles. The van der Waals surface area contributed by atoms with E-state index in [9.17, 15) is 19.2 Å². The van der Waals surface area contributed by atoms with Gasteiger partial charge in [0.25, 0.3) is 0 Å². The normalized spacial score (nSPS) is 15.1. The van der Waals surface area contributed by atoms with E-state index in [1.165, 1.54) is 11.8 Å². The van der Waals surface area contributed by atoms with Crippen LogP contribution in [0.1, 0.15) is 6.42 Å². The van der Waals surface area contributed by atoms with Gasteiger partial charge in [0, 0.05) is 5.75 Å². The molecule has 156 valence electrons. The molecular weight excluding hydrogens is 400 g/mol. The Hall–Kier alpha value is -1.54. The van der Waals surface area contributed by atoms with Gasteiger partial charge in [-0.15, -0.1) is 0 Å². The van der Waals surface area contributed by atoms with Crippen LogP contribution < -0.4 is 21.7 Å². The molecule has 8 N–H and O–H groups in total. The van der Waals surface area contributed by atoms with E-state index in [0.717, 1.165) is 0 Å². The Morgan fingerprint density at radius 1 is 0.963 bits per heavy atom. The highest BCUT2D eigenvalue weighted by atomic mass is 32.2. The summed E-state index contributed by atoms with van der Waals surface area (Å²) in [7, 11) is 0. The van der Waals surface area contributed by atoms with E-state index in [0.29, 0.717) is 5.75 Å². The fraction of sp³-hybridized carbons (Fsp3) is 0.714. The first-order valence-electron chi connectivity index (χ1n) is 7.92. The van der Waals surface area contributed by atoms with Gasteiger partial charge in [-0.3, -0.25) is 14.4 Å². The van der Waals surface area contributed by atoms with Crippen LogP contribution in [-0.4, -0.2) is 94.2 Å². The smallest absolute Gasteiger partial charge is 0.328 e. The number of thioether (sulfide) groups is 1. The summed E-state index contributed by atoms with van der Waals surface area (Å²) in [6, 6.07) is -4.91. The lowest BCUT2D eigenvalue weighted by atomic mass is 10.1. The average Bonchev–Trinajstić information content (AvgIpc) is 2.65. The molecule has 0 aromatic carbocycles. The van der Waals surface area contributed by atoms with Crippen molar-refractivity contribution in [3.63, 3.8) is 0 Å². The Kier molecular flexibility index (Phi) is 12.8. The summed E-state index contributed by atoms with van der Waals surface area (Å²) in [4.78, 5) is 47.3. The molecule has 0 spiro atoms. The predicted octanol–water partition coefficient (Wildman–Crippen LogP) is -3.48. The highest BCUT2D eigenvalue weighted by molar-refractivity contribution is 7.98. The van der Waals surface area contributed by atoms with E-state index < -0.39 is 61.1 Å². The highest BCUT2D eigenvalue weighted by Gasteiger charge is 2.29. The summed E-state index contributed by atoms with van der Waals surface area (Å²) >= 11 is 5.39. The number of rotatable bonds is 13. The lowest BCUT2D eigenvalue weighted by Gasteiger charge is -2.24. The first kappa shape index (κ1) is 25.5. The maximum absolute atomic E-state index is 12.4. The van der Waals surface area contributed by atoms with Gasteiger partial charge in [0.1, 0.15) is 24.2 Å². The number of aliphatic carboxylic acids is 1. The molecule has 0 bridgehead atoms. The van der Waals surface area contributed by atoms with Crippen molar-refractivity contribution >= 4 is 48.1 Å². The predicted molar refractivity (Wildman–Crippen MR) is 102 cm³/mol. The highest BCUT2D eigenvalue weighted by Crippen LogP contribution is 2.03. The van der Waals surface area contributed by atoms with Crippen LogP contribution in [-0.2, 0) is 19.2 Å². The first-order chi connectivity index (χ1) is 12.7. The maximum atomic E-state index is 12.4. The van der Waals surface area contributed by atoms with E-state index in [1.807, 2.05) is 0 Å². The Morgan fingerprint density at radius 3 is 1.93 bits per heavy atom. The molecular formula is C14H26N4O7S2. The Morgan fingerprint density at radius 2 is 1.48 bits per heavy atom. The molecule has 0 saturated carbocycles. The number of thiol groups is 1. The SMILES string of the molecule is CSCCC(NC(=O)C(CS)NC(=O)C(N)CO)C(=O)NC(CO)C(=O)O. The van der Waals surface area contributed by atoms with Crippen molar-refractivity contribution in [2.45, 2.75) is 30.6 Å². The van der Waals surface area contributed by atoms with Gasteiger partial charge in [0.15, 0.2) is 0 Å². The lowest BCUT2D eigenvalue weighted by Crippen LogP contribution is -2.58. The van der Waals surface area contributed by atoms with Gasteiger partial charge < -0.3 is 37.0 Å². The van der Waals surface area contributed by atoms with Gasteiger partial charge in [0.2, 0.25) is 17.7 Å². The molecule has 4 unspecified atom stereocenters. The van der Waals surface area contributed by atoms with Crippen molar-refractivity contribution < 1.29 is 34.5 Å². The molecule has 0 heterocycles. The van der Waals surface area contributed by atoms with Crippen molar-refractivity contribution in [3.05, 3.63) is 0 Å². The second-order valence-corrected chi connectivity index (χ2v) is 6.81. The molecule has 0 fully saturated rings. The molecule has 0 aliphatic heterocycles. The number of carbonyl (C=O) groups excluding carboxylic acids is 3. The molecule has 13 heteroatoms. The quantitative estimate of drug-likeness (QED) is 0.138. The number of nitrogens with one attached hydrogen (secondary N) is 3. The first-order valence-corrected chi connectivity index (χ1v) is 9.95. The fourth-order valence-corrected chi connectivity index (χ4v) is 2.52. The average molecular weight is 427 g/mol. The van der Waals surface area contributed by atoms with Gasteiger partial charge >= 0.3 is 5.97 Å². The second kappa shape index (κ2) is 13.6. The Balaban J connectivity index is 5.07. The van der Waals surface area contributed by atoms with Crippen LogP contribution in [0.25, 0.3) is 0 Å². The minimum Gasteiger partial charge on any atom is -0.480 e. The third-order valence-electron chi connectivity index (χ3n) is 3.39. The third kappa shape index (κ3) is 9.28. The van der Waals surface area contributed by atoms with Gasteiger partial charge in [-0.05, 0) is 18.4 Å². The zero-order valence-electron chi connectivity index (χ0n) is 14.8. The molecule has 4 atom stereocenters. The standard InChI is InChI=1S/C14H26N4O7S2/c1-27-3-2-8(12(22)17-9(5-20)14(24)25)16-13(23)10(6-26)18-11(21)7(15)4-19/h7-10,19-20,26H,2-6,15H2,1H3,(H,16,23)(H,17,22)(H,18,21)(H,24,25). The molecule has 0 aliphatic carbocycles.